The Hall–Kier alpha value is -0.770. The number of guanidine groups is 1. The molecule has 4 nitrogen and oxygen atoms in total. The van der Waals surface area contributed by atoms with Crippen LogP contribution in [-0.4, -0.2) is 38.8 Å². The van der Waals surface area contributed by atoms with Gasteiger partial charge in [-0.3, -0.25) is 4.99 Å². The smallest absolute Gasteiger partial charge is 0.191 e. The highest BCUT2D eigenvalue weighted by atomic mass is 16.5. The summed E-state index contributed by atoms with van der Waals surface area (Å²) in [5.74, 6) is 1.74. The second-order valence-corrected chi connectivity index (χ2v) is 5.13. The highest BCUT2D eigenvalue weighted by molar-refractivity contribution is 5.79. The predicted octanol–water partition coefficient (Wildman–Crippen LogP) is 2.79. The monoisotopic (exact) mass is 271 g/mol. The van der Waals surface area contributed by atoms with Crippen molar-refractivity contribution in [2.75, 3.05) is 32.8 Å². The molecule has 0 aliphatic carbocycles. The maximum Gasteiger partial charge on any atom is 0.191 e. The van der Waals surface area contributed by atoms with Crippen LogP contribution >= 0.6 is 0 Å². The largest absolute Gasteiger partial charge is 0.382 e. The van der Waals surface area contributed by atoms with Crippen LogP contribution in [0, 0.1) is 5.92 Å². The van der Waals surface area contributed by atoms with Gasteiger partial charge in [0.1, 0.15) is 0 Å². The average Bonchev–Trinajstić information content (AvgIpc) is 2.37. The molecule has 0 heterocycles. The SMILES string of the molecule is CCNC(=NCCCOCC)NCCCCC(C)C. The quantitative estimate of drug-likeness (QED) is 0.345. The first kappa shape index (κ1) is 18.2. The van der Waals surface area contributed by atoms with Gasteiger partial charge in [0.2, 0.25) is 0 Å². The number of nitrogens with one attached hydrogen (secondary N) is 2. The zero-order valence-corrected chi connectivity index (χ0v) is 13.3. The summed E-state index contributed by atoms with van der Waals surface area (Å²) in [6, 6.07) is 0. The van der Waals surface area contributed by atoms with E-state index < -0.39 is 0 Å². The maximum absolute atomic E-state index is 5.30. The third-order valence-electron chi connectivity index (χ3n) is 2.77. The molecule has 0 aliphatic heterocycles. The third-order valence-corrected chi connectivity index (χ3v) is 2.77. The van der Waals surface area contributed by atoms with Crippen LogP contribution in [0.2, 0.25) is 0 Å². The lowest BCUT2D eigenvalue weighted by molar-refractivity contribution is 0.146. The first-order valence-corrected chi connectivity index (χ1v) is 7.80. The minimum Gasteiger partial charge on any atom is -0.382 e. The van der Waals surface area contributed by atoms with Crippen molar-refractivity contribution in [3.63, 3.8) is 0 Å². The van der Waals surface area contributed by atoms with Gasteiger partial charge >= 0.3 is 0 Å². The van der Waals surface area contributed by atoms with E-state index in [4.69, 9.17) is 4.74 Å². The molecule has 19 heavy (non-hydrogen) atoms. The van der Waals surface area contributed by atoms with E-state index in [2.05, 4.69) is 36.4 Å². The van der Waals surface area contributed by atoms with Crippen molar-refractivity contribution in [3.8, 4) is 0 Å². The maximum atomic E-state index is 5.30. The van der Waals surface area contributed by atoms with E-state index in [1.54, 1.807) is 0 Å². The lowest BCUT2D eigenvalue weighted by atomic mass is 10.1. The second kappa shape index (κ2) is 13.7. The van der Waals surface area contributed by atoms with Gasteiger partial charge in [0.25, 0.3) is 0 Å². The molecule has 0 saturated carbocycles. The highest BCUT2D eigenvalue weighted by Crippen LogP contribution is 2.04. The highest BCUT2D eigenvalue weighted by Gasteiger charge is 1.97. The summed E-state index contributed by atoms with van der Waals surface area (Å²) < 4.78 is 5.30. The van der Waals surface area contributed by atoms with Gasteiger partial charge < -0.3 is 15.4 Å². The van der Waals surface area contributed by atoms with E-state index >= 15 is 0 Å². The third kappa shape index (κ3) is 13.5. The van der Waals surface area contributed by atoms with Crippen LogP contribution in [0.15, 0.2) is 4.99 Å². The van der Waals surface area contributed by atoms with Crippen molar-refractivity contribution in [2.45, 2.75) is 53.4 Å². The van der Waals surface area contributed by atoms with E-state index in [1.165, 1.54) is 19.3 Å². The summed E-state index contributed by atoms with van der Waals surface area (Å²) in [5.41, 5.74) is 0. The Morgan fingerprint density at radius 3 is 2.53 bits per heavy atom. The minimum absolute atomic E-state index is 0.790. The fourth-order valence-electron chi connectivity index (χ4n) is 1.73. The number of hydrogen-bond donors (Lipinski definition) is 2. The van der Waals surface area contributed by atoms with Gasteiger partial charge in [0.05, 0.1) is 0 Å². The van der Waals surface area contributed by atoms with Crippen molar-refractivity contribution < 1.29 is 4.74 Å². The summed E-state index contributed by atoms with van der Waals surface area (Å²) in [6.07, 6.45) is 4.79. The lowest BCUT2D eigenvalue weighted by Gasteiger charge is -2.11. The Balaban J connectivity index is 3.68. The molecule has 0 radical (unpaired) electrons. The molecule has 4 heteroatoms. The standard InChI is InChI=1S/C15H33N3O/c1-5-16-15(18-12-9-13-19-6-2)17-11-8-7-10-14(3)4/h14H,5-13H2,1-4H3,(H2,16,17,18). The van der Waals surface area contributed by atoms with Crippen LogP contribution in [0.1, 0.15) is 53.4 Å². The van der Waals surface area contributed by atoms with Crippen molar-refractivity contribution in [1.82, 2.24) is 10.6 Å². The van der Waals surface area contributed by atoms with Gasteiger partial charge in [-0.15, -0.1) is 0 Å². The van der Waals surface area contributed by atoms with Crippen LogP contribution in [0.5, 0.6) is 0 Å². The molecular weight excluding hydrogens is 238 g/mol. The summed E-state index contributed by atoms with van der Waals surface area (Å²) in [4.78, 5) is 4.53. The average molecular weight is 271 g/mol. The van der Waals surface area contributed by atoms with Crippen molar-refractivity contribution in [1.29, 1.82) is 0 Å². The van der Waals surface area contributed by atoms with Crippen LogP contribution in [0.4, 0.5) is 0 Å². The predicted molar refractivity (Wildman–Crippen MR) is 83.8 cm³/mol. The van der Waals surface area contributed by atoms with E-state index in [0.29, 0.717) is 0 Å². The fourth-order valence-corrected chi connectivity index (χ4v) is 1.73. The van der Waals surface area contributed by atoms with Gasteiger partial charge in [-0.05, 0) is 32.6 Å². The Labute approximate surface area is 119 Å². The molecule has 2 N–H and O–H groups in total. The Morgan fingerprint density at radius 1 is 1.11 bits per heavy atom. The summed E-state index contributed by atoms with van der Waals surface area (Å²) in [7, 11) is 0. The molecule has 0 saturated heterocycles. The van der Waals surface area contributed by atoms with Crippen LogP contribution in [0.25, 0.3) is 0 Å². The molecular formula is C15H33N3O. The normalized spacial score (nSPS) is 11.9. The molecule has 0 atom stereocenters. The summed E-state index contributed by atoms with van der Waals surface area (Å²) in [6.45, 7) is 13.0. The molecule has 0 bridgehead atoms. The molecule has 0 aromatic heterocycles. The molecule has 0 amide bonds. The molecule has 0 aliphatic rings. The zero-order valence-electron chi connectivity index (χ0n) is 13.3. The van der Waals surface area contributed by atoms with E-state index in [0.717, 1.165) is 51.1 Å². The minimum atomic E-state index is 0.790. The molecule has 0 fully saturated rings. The number of rotatable bonds is 11. The molecule has 0 rings (SSSR count). The van der Waals surface area contributed by atoms with Gasteiger partial charge in [0.15, 0.2) is 5.96 Å². The second-order valence-electron chi connectivity index (χ2n) is 5.13. The molecule has 0 aromatic rings. The van der Waals surface area contributed by atoms with Crippen molar-refractivity contribution >= 4 is 5.96 Å². The number of ether oxygens (including phenoxy) is 1. The van der Waals surface area contributed by atoms with Gasteiger partial charge in [-0.1, -0.05) is 26.7 Å². The Bertz CT molecular complexity index is 217. The number of hydrogen-bond acceptors (Lipinski definition) is 2. The topological polar surface area (TPSA) is 45.7 Å². The van der Waals surface area contributed by atoms with E-state index in [-0.39, 0.29) is 0 Å². The number of aliphatic imine (C=N–C) groups is 1. The lowest BCUT2D eigenvalue weighted by Crippen LogP contribution is -2.37. The van der Waals surface area contributed by atoms with Crippen LogP contribution < -0.4 is 10.6 Å². The first-order valence-electron chi connectivity index (χ1n) is 7.80. The van der Waals surface area contributed by atoms with Gasteiger partial charge in [0, 0.05) is 32.8 Å². The van der Waals surface area contributed by atoms with Crippen molar-refractivity contribution in [3.05, 3.63) is 0 Å². The zero-order chi connectivity index (χ0) is 14.3. The van der Waals surface area contributed by atoms with E-state index in [9.17, 15) is 0 Å². The summed E-state index contributed by atoms with van der Waals surface area (Å²) in [5, 5.41) is 6.65. The van der Waals surface area contributed by atoms with Gasteiger partial charge in [-0.2, -0.15) is 0 Å². The Kier molecular flexibility index (Phi) is 13.1. The number of nitrogens with zero attached hydrogens (tertiary/aromatic N) is 1. The molecule has 114 valence electrons. The molecule has 0 unspecified atom stereocenters. The van der Waals surface area contributed by atoms with Gasteiger partial charge in [-0.25, -0.2) is 0 Å². The molecule has 0 aromatic carbocycles. The van der Waals surface area contributed by atoms with Crippen LogP contribution in [0.3, 0.4) is 0 Å². The summed E-state index contributed by atoms with van der Waals surface area (Å²) >= 11 is 0. The van der Waals surface area contributed by atoms with E-state index in [1.807, 2.05) is 6.92 Å². The Morgan fingerprint density at radius 2 is 1.89 bits per heavy atom. The van der Waals surface area contributed by atoms with Crippen LogP contribution in [-0.2, 0) is 4.74 Å². The van der Waals surface area contributed by atoms with Crippen molar-refractivity contribution in [2.24, 2.45) is 10.9 Å². The fraction of sp³-hybridized carbons (Fsp3) is 0.933. The first-order chi connectivity index (χ1) is 9.20. The molecule has 0 spiro atoms. The number of unbranched alkanes of at least 4 members (excludes halogenated alkanes) is 1.